The van der Waals surface area contributed by atoms with Gasteiger partial charge in [-0.25, -0.2) is 0 Å². The van der Waals surface area contributed by atoms with Crippen molar-refractivity contribution in [2.24, 2.45) is 5.92 Å². The molecule has 2 fully saturated rings. The van der Waals surface area contributed by atoms with Gasteiger partial charge in [-0.2, -0.15) is 4.98 Å². The minimum absolute atomic E-state index is 0.444. The molecule has 0 bridgehead atoms. The van der Waals surface area contributed by atoms with Gasteiger partial charge in [0.15, 0.2) is 5.82 Å². The zero-order valence-corrected chi connectivity index (χ0v) is 8.91. The molecular formula is C11H17N3O. The Kier molecular flexibility index (Phi) is 2.44. The summed E-state index contributed by atoms with van der Waals surface area (Å²) in [6.07, 6.45) is 6.09. The molecule has 1 saturated carbocycles. The molecule has 0 unspecified atom stereocenters. The average molecular weight is 207 g/mol. The summed E-state index contributed by atoms with van der Waals surface area (Å²) in [5, 5.41) is 7.43. The summed E-state index contributed by atoms with van der Waals surface area (Å²) in [6, 6.07) is 0. The third kappa shape index (κ3) is 2.20. The highest BCUT2D eigenvalue weighted by Crippen LogP contribution is 2.32. The van der Waals surface area contributed by atoms with Crippen LogP contribution in [0.3, 0.4) is 0 Å². The Morgan fingerprint density at radius 1 is 1.33 bits per heavy atom. The van der Waals surface area contributed by atoms with Crippen molar-refractivity contribution in [3.05, 3.63) is 11.7 Å². The van der Waals surface area contributed by atoms with Crippen molar-refractivity contribution in [3.8, 4) is 0 Å². The second-order valence-electron chi connectivity index (χ2n) is 4.74. The quantitative estimate of drug-likeness (QED) is 0.815. The Bertz CT molecular complexity index is 326. The van der Waals surface area contributed by atoms with Gasteiger partial charge in [-0.3, -0.25) is 0 Å². The molecular weight excluding hydrogens is 190 g/mol. The summed E-state index contributed by atoms with van der Waals surface area (Å²) < 4.78 is 5.33. The number of nitrogens with zero attached hydrogens (tertiary/aromatic N) is 2. The summed E-state index contributed by atoms with van der Waals surface area (Å²) >= 11 is 0. The maximum absolute atomic E-state index is 5.33. The predicted molar refractivity (Wildman–Crippen MR) is 55.6 cm³/mol. The first-order chi connectivity index (χ1) is 7.42. The van der Waals surface area contributed by atoms with E-state index in [0.717, 1.165) is 37.1 Å². The number of hydrogen-bond acceptors (Lipinski definition) is 4. The van der Waals surface area contributed by atoms with E-state index < -0.39 is 0 Å². The topological polar surface area (TPSA) is 51.0 Å². The smallest absolute Gasteiger partial charge is 0.231 e. The molecule has 4 nitrogen and oxygen atoms in total. The van der Waals surface area contributed by atoms with Crippen molar-refractivity contribution in [2.45, 2.75) is 38.0 Å². The van der Waals surface area contributed by atoms with E-state index in [0.29, 0.717) is 5.92 Å². The Labute approximate surface area is 89.4 Å². The number of nitrogens with one attached hydrogen (secondary N) is 1. The number of piperidine rings is 1. The highest BCUT2D eigenvalue weighted by Gasteiger charge is 2.26. The highest BCUT2D eigenvalue weighted by atomic mass is 16.5. The fraction of sp³-hybridized carbons (Fsp3) is 0.818. The first-order valence-corrected chi connectivity index (χ1v) is 5.95. The average Bonchev–Trinajstić information content (AvgIpc) is 2.96. The summed E-state index contributed by atoms with van der Waals surface area (Å²) in [5.41, 5.74) is 0. The van der Waals surface area contributed by atoms with Crippen LogP contribution < -0.4 is 5.32 Å². The lowest BCUT2D eigenvalue weighted by molar-refractivity contribution is 0.320. The molecule has 15 heavy (non-hydrogen) atoms. The summed E-state index contributed by atoms with van der Waals surface area (Å²) in [6.45, 7) is 2.12. The van der Waals surface area contributed by atoms with E-state index in [-0.39, 0.29) is 0 Å². The molecule has 0 spiro atoms. The summed E-state index contributed by atoms with van der Waals surface area (Å²) in [4.78, 5) is 4.50. The Balaban J connectivity index is 1.65. The van der Waals surface area contributed by atoms with E-state index in [1.807, 2.05) is 0 Å². The molecule has 4 heteroatoms. The van der Waals surface area contributed by atoms with Crippen LogP contribution in [0.2, 0.25) is 0 Å². The van der Waals surface area contributed by atoms with Crippen LogP contribution in [-0.4, -0.2) is 23.2 Å². The minimum atomic E-state index is 0.444. The predicted octanol–water partition coefficient (Wildman–Crippen LogP) is 1.49. The van der Waals surface area contributed by atoms with Crippen molar-refractivity contribution < 1.29 is 4.52 Å². The van der Waals surface area contributed by atoms with E-state index in [2.05, 4.69) is 15.5 Å². The largest absolute Gasteiger partial charge is 0.339 e. The highest BCUT2D eigenvalue weighted by molar-refractivity contribution is 4.98. The normalized spacial score (nSPS) is 26.8. The van der Waals surface area contributed by atoms with Gasteiger partial charge in [0.1, 0.15) is 0 Å². The SMILES string of the molecule is C1CNC[C@H](c2nc(CC3CC3)no2)C1. The molecule has 1 N–H and O–H groups in total. The van der Waals surface area contributed by atoms with Gasteiger partial charge >= 0.3 is 0 Å². The fourth-order valence-corrected chi connectivity index (χ4v) is 2.16. The zero-order chi connectivity index (χ0) is 10.1. The summed E-state index contributed by atoms with van der Waals surface area (Å²) in [7, 11) is 0. The molecule has 3 rings (SSSR count). The Hall–Kier alpha value is -0.900. The number of rotatable bonds is 3. The molecule has 1 aliphatic heterocycles. The third-order valence-corrected chi connectivity index (χ3v) is 3.30. The first kappa shape index (κ1) is 9.33. The van der Waals surface area contributed by atoms with Crippen LogP contribution in [-0.2, 0) is 6.42 Å². The van der Waals surface area contributed by atoms with E-state index in [4.69, 9.17) is 4.52 Å². The second kappa shape index (κ2) is 3.93. The molecule has 0 aromatic carbocycles. The molecule has 2 aliphatic rings. The van der Waals surface area contributed by atoms with Crippen molar-refractivity contribution in [2.75, 3.05) is 13.1 Å². The van der Waals surface area contributed by atoms with Gasteiger partial charge in [-0.1, -0.05) is 5.16 Å². The van der Waals surface area contributed by atoms with E-state index >= 15 is 0 Å². The molecule has 2 heterocycles. The summed E-state index contributed by atoms with van der Waals surface area (Å²) in [5.74, 6) is 3.04. The molecule has 1 aromatic rings. The van der Waals surface area contributed by atoms with Gasteiger partial charge < -0.3 is 9.84 Å². The maximum Gasteiger partial charge on any atom is 0.231 e. The van der Waals surface area contributed by atoms with Crippen LogP contribution in [0.5, 0.6) is 0 Å². The Morgan fingerprint density at radius 2 is 2.27 bits per heavy atom. The minimum Gasteiger partial charge on any atom is -0.339 e. The molecule has 1 aromatic heterocycles. The molecule has 1 atom stereocenters. The van der Waals surface area contributed by atoms with Crippen molar-refractivity contribution >= 4 is 0 Å². The second-order valence-corrected chi connectivity index (χ2v) is 4.74. The van der Waals surface area contributed by atoms with Crippen LogP contribution in [0.25, 0.3) is 0 Å². The van der Waals surface area contributed by atoms with E-state index in [9.17, 15) is 0 Å². The zero-order valence-electron chi connectivity index (χ0n) is 8.91. The van der Waals surface area contributed by atoms with Gasteiger partial charge in [0.2, 0.25) is 5.89 Å². The lowest BCUT2D eigenvalue weighted by Gasteiger charge is -2.18. The van der Waals surface area contributed by atoms with Gasteiger partial charge in [-0.15, -0.1) is 0 Å². The monoisotopic (exact) mass is 207 g/mol. The van der Waals surface area contributed by atoms with Crippen LogP contribution in [0.1, 0.15) is 43.3 Å². The number of hydrogen-bond donors (Lipinski definition) is 1. The standard InChI is InChI=1S/C11H17N3O/c1-2-9(7-12-5-1)11-13-10(14-15-11)6-8-3-4-8/h8-9,12H,1-7H2/t9-/m1/s1. The molecule has 1 aliphatic carbocycles. The fourth-order valence-electron chi connectivity index (χ4n) is 2.16. The lowest BCUT2D eigenvalue weighted by atomic mass is 10.00. The van der Waals surface area contributed by atoms with E-state index in [1.165, 1.54) is 25.7 Å². The van der Waals surface area contributed by atoms with Crippen molar-refractivity contribution in [3.63, 3.8) is 0 Å². The lowest BCUT2D eigenvalue weighted by Crippen LogP contribution is -2.28. The van der Waals surface area contributed by atoms with Gasteiger partial charge in [-0.05, 0) is 38.1 Å². The van der Waals surface area contributed by atoms with Crippen molar-refractivity contribution in [1.82, 2.24) is 15.5 Å². The van der Waals surface area contributed by atoms with Crippen molar-refractivity contribution in [1.29, 1.82) is 0 Å². The Morgan fingerprint density at radius 3 is 3.00 bits per heavy atom. The van der Waals surface area contributed by atoms with Crippen LogP contribution in [0, 0.1) is 5.92 Å². The first-order valence-electron chi connectivity index (χ1n) is 5.95. The van der Waals surface area contributed by atoms with Crippen LogP contribution >= 0.6 is 0 Å². The molecule has 0 radical (unpaired) electrons. The van der Waals surface area contributed by atoms with Gasteiger partial charge in [0.25, 0.3) is 0 Å². The molecule has 82 valence electrons. The molecule has 0 amide bonds. The van der Waals surface area contributed by atoms with Crippen LogP contribution in [0.15, 0.2) is 4.52 Å². The maximum atomic E-state index is 5.33. The number of aromatic nitrogens is 2. The van der Waals surface area contributed by atoms with E-state index in [1.54, 1.807) is 0 Å². The third-order valence-electron chi connectivity index (χ3n) is 3.30. The van der Waals surface area contributed by atoms with Gasteiger partial charge in [0.05, 0.1) is 5.92 Å². The van der Waals surface area contributed by atoms with Crippen LogP contribution in [0.4, 0.5) is 0 Å². The van der Waals surface area contributed by atoms with Gasteiger partial charge in [0, 0.05) is 13.0 Å². The molecule has 1 saturated heterocycles.